The van der Waals surface area contributed by atoms with Gasteiger partial charge < -0.3 is 0 Å². The van der Waals surface area contributed by atoms with Crippen molar-refractivity contribution in [2.75, 3.05) is 0 Å². The van der Waals surface area contributed by atoms with Crippen LogP contribution in [0, 0.1) is 0 Å². The van der Waals surface area contributed by atoms with Crippen molar-refractivity contribution < 1.29 is 14.8 Å². The summed E-state index contributed by atoms with van der Waals surface area (Å²) in [6.45, 7) is 0. The first-order valence-electron chi connectivity index (χ1n) is 4.24. The van der Waals surface area contributed by atoms with E-state index in [2.05, 4.69) is 0 Å². The molecule has 0 heterocycles. The summed E-state index contributed by atoms with van der Waals surface area (Å²) >= 11 is 0. The minimum atomic E-state index is -0.594. The molecule has 0 aliphatic heterocycles. The summed E-state index contributed by atoms with van der Waals surface area (Å²) < 4.78 is 0. The van der Waals surface area contributed by atoms with Gasteiger partial charge in [-0.15, -0.1) is 0 Å². The Kier molecular flexibility index (Phi) is 3.82. The predicted molar refractivity (Wildman–Crippen MR) is 49.5 cm³/mol. The molecule has 0 saturated carbocycles. The molecule has 0 unspecified atom stereocenters. The molecule has 1 aromatic carbocycles. The molecule has 0 radical (unpaired) electrons. The van der Waals surface area contributed by atoms with Crippen molar-refractivity contribution >= 4 is 12.3 Å². The maximum atomic E-state index is 11.0. The van der Waals surface area contributed by atoms with Gasteiger partial charge in [-0.25, -0.2) is 0 Å². The van der Waals surface area contributed by atoms with E-state index in [1.54, 1.807) is 0 Å². The molecule has 1 aromatic rings. The lowest BCUT2D eigenvalue weighted by Gasteiger charge is -2.05. The van der Waals surface area contributed by atoms with Crippen LogP contribution in [0.5, 0.6) is 0 Å². The van der Waals surface area contributed by atoms with Crippen LogP contribution in [0.4, 0.5) is 0 Å². The highest BCUT2D eigenvalue weighted by Gasteiger charge is 2.08. The normalized spacial score (nSPS) is 9.50. The van der Waals surface area contributed by atoms with Gasteiger partial charge in [-0.1, -0.05) is 30.3 Å². The molecule has 0 bridgehead atoms. The van der Waals surface area contributed by atoms with Crippen molar-refractivity contribution in [3.63, 3.8) is 0 Å². The Morgan fingerprint density at radius 1 is 1.36 bits per heavy atom. The molecule has 2 amide bonds. The number of rotatable bonds is 4. The zero-order chi connectivity index (χ0) is 10.4. The Balaban J connectivity index is 2.42. The minimum Gasteiger partial charge on any atom is -0.279 e. The molecule has 0 spiro atoms. The van der Waals surface area contributed by atoms with Crippen LogP contribution in [0.1, 0.15) is 12.0 Å². The van der Waals surface area contributed by atoms with Crippen LogP contribution < -0.4 is 0 Å². The van der Waals surface area contributed by atoms with E-state index in [1.807, 2.05) is 30.3 Å². The molecule has 0 aromatic heterocycles. The maximum absolute atomic E-state index is 11.0. The van der Waals surface area contributed by atoms with Gasteiger partial charge in [0.2, 0.25) is 6.41 Å². The second-order valence-corrected chi connectivity index (χ2v) is 2.83. The SMILES string of the molecule is O=CN(O)C(=O)CCc1ccccc1. The lowest BCUT2D eigenvalue weighted by molar-refractivity contribution is -0.170. The second-order valence-electron chi connectivity index (χ2n) is 2.83. The fraction of sp³-hybridized carbons (Fsp3) is 0.200. The first-order chi connectivity index (χ1) is 6.74. The molecule has 4 heteroatoms. The summed E-state index contributed by atoms with van der Waals surface area (Å²) in [6.07, 6.45) is 0.733. The number of hydrogen-bond donors (Lipinski definition) is 1. The largest absolute Gasteiger partial charge is 0.279 e. The third-order valence-corrected chi connectivity index (χ3v) is 1.83. The third-order valence-electron chi connectivity index (χ3n) is 1.83. The average molecular weight is 193 g/mol. The molecule has 0 aliphatic carbocycles. The molecule has 0 fully saturated rings. The fourth-order valence-electron chi connectivity index (χ4n) is 1.07. The number of hydroxylamine groups is 2. The minimum absolute atomic E-state index is 0.0724. The van der Waals surface area contributed by atoms with Crippen LogP contribution in [0.15, 0.2) is 30.3 Å². The van der Waals surface area contributed by atoms with Crippen LogP contribution >= 0.6 is 0 Å². The van der Waals surface area contributed by atoms with Gasteiger partial charge in [-0.2, -0.15) is 5.06 Å². The van der Waals surface area contributed by atoms with Gasteiger partial charge in [0.15, 0.2) is 0 Å². The van der Waals surface area contributed by atoms with E-state index in [4.69, 9.17) is 5.21 Å². The maximum Gasteiger partial charge on any atom is 0.253 e. The number of benzene rings is 1. The van der Waals surface area contributed by atoms with E-state index in [0.717, 1.165) is 5.56 Å². The molecule has 74 valence electrons. The lowest BCUT2D eigenvalue weighted by Crippen LogP contribution is -2.25. The zero-order valence-corrected chi connectivity index (χ0v) is 7.59. The van der Waals surface area contributed by atoms with Gasteiger partial charge >= 0.3 is 0 Å². The first-order valence-corrected chi connectivity index (χ1v) is 4.24. The Morgan fingerprint density at radius 3 is 2.57 bits per heavy atom. The first kappa shape index (κ1) is 10.4. The van der Waals surface area contributed by atoms with Crippen molar-refractivity contribution in [2.24, 2.45) is 0 Å². The smallest absolute Gasteiger partial charge is 0.253 e. The molecular formula is C10H11NO3. The standard InChI is InChI=1S/C10H11NO3/c12-8-11(14)10(13)7-6-9-4-2-1-3-5-9/h1-5,8,14H,6-7H2. The summed E-state index contributed by atoms with van der Waals surface area (Å²) in [5.74, 6) is -0.594. The van der Waals surface area contributed by atoms with Crippen LogP contribution in [0.2, 0.25) is 0 Å². The van der Waals surface area contributed by atoms with Crippen molar-refractivity contribution in [3.8, 4) is 0 Å². The Labute approximate surface area is 81.7 Å². The van der Waals surface area contributed by atoms with Gasteiger partial charge in [0.25, 0.3) is 5.91 Å². The van der Waals surface area contributed by atoms with E-state index < -0.39 is 5.91 Å². The number of aryl methyl sites for hydroxylation is 1. The molecule has 1 N–H and O–H groups in total. The number of nitrogens with zero attached hydrogens (tertiary/aromatic N) is 1. The predicted octanol–water partition coefficient (Wildman–Crippen LogP) is 0.993. The van der Waals surface area contributed by atoms with Crippen LogP contribution in [0.3, 0.4) is 0 Å². The summed E-state index contributed by atoms with van der Waals surface area (Å²) in [4.78, 5) is 21.0. The highest BCUT2D eigenvalue weighted by atomic mass is 16.5. The summed E-state index contributed by atoms with van der Waals surface area (Å²) in [6, 6.07) is 9.40. The van der Waals surface area contributed by atoms with Gasteiger partial charge in [0.05, 0.1) is 0 Å². The molecule has 14 heavy (non-hydrogen) atoms. The van der Waals surface area contributed by atoms with Crippen molar-refractivity contribution in [2.45, 2.75) is 12.8 Å². The van der Waals surface area contributed by atoms with E-state index in [0.29, 0.717) is 6.42 Å². The van der Waals surface area contributed by atoms with Gasteiger partial charge in [-0.3, -0.25) is 14.8 Å². The molecule has 1 rings (SSSR count). The Bertz CT molecular complexity index is 310. The fourth-order valence-corrected chi connectivity index (χ4v) is 1.07. The highest BCUT2D eigenvalue weighted by Crippen LogP contribution is 2.03. The summed E-state index contributed by atoms with van der Waals surface area (Å²) in [5, 5.41) is 8.79. The van der Waals surface area contributed by atoms with E-state index in [9.17, 15) is 9.59 Å². The zero-order valence-electron chi connectivity index (χ0n) is 7.59. The highest BCUT2D eigenvalue weighted by molar-refractivity contribution is 5.84. The van der Waals surface area contributed by atoms with E-state index in [-0.39, 0.29) is 17.9 Å². The van der Waals surface area contributed by atoms with E-state index in [1.165, 1.54) is 0 Å². The lowest BCUT2D eigenvalue weighted by atomic mass is 10.1. The monoisotopic (exact) mass is 193 g/mol. The number of carbonyl (C=O) groups excluding carboxylic acids is 2. The van der Waals surface area contributed by atoms with Crippen LogP contribution in [-0.2, 0) is 16.0 Å². The van der Waals surface area contributed by atoms with Crippen LogP contribution in [-0.4, -0.2) is 22.6 Å². The van der Waals surface area contributed by atoms with Gasteiger partial charge in [-0.05, 0) is 12.0 Å². The number of amides is 2. The third kappa shape index (κ3) is 2.99. The topological polar surface area (TPSA) is 57.6 Å². The molecular weight excluding hydrogens is 182 g/mol. The van der Waals surface area contributed by atoms with Crippen LogP contribution in [0.25, 0.3) is 0 Å². The van der Waals surface area contributed by atoms with Gasteiger partial charge in [0, 0.05) is 6.42 Å². The average Bonchev–Trinajstić information content (AvgIpc) is 2.26. The Morgan fingerprint density at radius 2 is 2.00 bits per heavy atom. The number of imide groups is 1. The molecule has 0 aliphatic rings. The molecule has 0 saturated heterocycles. The summed E-state index contributed by atoms with van der Waals surface area (Å²) in [5.41, 5.74) is 1.00. The number of hydrogen-bond acceptors (Lipinski definition) is 3. The molecule has 0 atom stereocenters. The quantitative estimate of drug-likeness (QED) is 0.440. The Hall–Kier alpha value is -1.68. The number of carbonyl (C=O) groups is 2. The molecule has 4 nitrogen and oxygen atoms in total. The van der Waals surface area contributed by atoms with E-state index >= 15 is 0 Å². The van der Waals surface area contributed by atoms with Crippen molar-refractivity contribution in [1.29, 1.82) is 0 Å². The summed E-state index contributed by atoms with van der Waals surface area (Å²) in [7, 11) is 0. The van der Waals surface area contributed by atoms with Crippen molar-refractivity contribution in [1.82, 2.24) is 5.06 Å². The van der Waals surface area contributed by atoms with Crippen molar-refractivity contribution in [3.05, 3.63) is 35.9 Å². The van der Waals surface area contributed by atoms with Gasteiger partial charge in [0.1, 0.15) is 0 Å². The second kappa shape index (κ2) is 5.14.